The lowest BCUT2D eigenvalue weighted by Crippen LogP contribution is -3.00. The van der Waals surface area contributed by atoms with Crippen LogP contribution in [-0.4, -0.2) is 31.7 Å². The second-order valence-electron chi connectivity index (χ2n) is 2.98. The van der Waals surface area contributed by atoms with Crippen LogP contribution in [0.25, 0.3) is 0 Å². The van der Waals surface area contributed by atoms with E-state index >= 15 is 0 Å². The zero-order valence-corrected chi connectivity index (χ0v) is 9.10. The second-order valence-corrected chi connectivity index (χ2v) is 2.98. The van der Waals surface area contributed by atoms with E-state index in [0.29, 0.717) is 0 Å². The molecule has 9 heavy (non-hydrogen) atoms. The summed E-state index contributed by atoms with van der Waals surface area (Å²) in [7, 11) is 4.53. The van der Waals surface area contributed by atoms with Crippen LogP contribution in [0.4, 0.5) is 0 Å². The number of hydrogen-bond acceptors (Lipinski definition) is 0. The number of nitrogens with zero attached hydrogens (tertiary/aromatic N) is 1. The Balaban J connectivity index is 0. The van der Waals surface area contributed by atoms with Crippen molar-refractivity contribution in [3.8, 4) is 0 Å². The summed E-state index contributed by atoms with van der Waals surface area (Å²) in [6, 6.07) is 0. The number of quaternary nitrogens is 1. The van der Waals surface area contributed by atoms with Gasteiger partial charge in [-0.3, -0.25) is 0 Å². The van der Waals surface area contributed by atoms with Gasteiger partial charge in [0, 0.05) is 0 Å². The molecule has 0 amide bonds. The molecular formula is C7H18IN. The van der Waals surface area contributed by atoms with E-state index in [9.17, 15) is 0 Å². The maximum absolute atomic E-state index is 2.27. The third-order valence-electron chi connectivity index (χ3n) is 1.68. The molecule has 0 bridgehead atoms. The van der Waals surface area contributed by atoms with Gasteiger partial charge in [0.15, 0.2) is 0 Å². The van der Waals surface area contributed by atoms with Crippen LogP contribution in [0.5, 0.6) is 0 Å². The molecular weight excluding hydrogens is 225 g/mol. The molecule has 0 N–H and O–H groups in total. The molecule has 0 rings (SSSR count). The Kier molecular flexibility index (Phi) is 7.52. The van der Waals surface area contributed by atoms with Crippen LogP contribution in [0.1, 0.15) is 20.3 Å². The molecule has 0 heterocycles. The molecule has 0 atom stereocenters. The van der Waals surface area contributed by atoms with Crippen molar-refractivity contribution < 1.29 is 28.5 Å². The van der Waals surface area contributed by atoms with Crippen molar-refractivity contribution in [1.29, 1.82) is 0 Å². The maximum atomic E-state index is 2.27. The molecule has 0 unspecified atom stereocenters. The zero-order chi connectivity index (χ0) is 6.62. The van der Waals surface area contributed by atoms with Gasteiger partial charge in [0.25, 0.3) is 0 Å². The Labute approximate surface area is 76.0 Å². The topological polar surface area (TPSA) is 0 Å². The Bertz CT molecular complexity index is 61.9. The van der Waals surface area contributed by atoms with E-state index in [1.165, 1.54) is 19.5 Å². The summed E-state index contributed by atoms with van der Waals surface area (Å²) in [5, 5.41) is 0. The van der Waals surface area contributed by atoms with Crippen LogP contribution in [0, 0.1) is 0 Å². The molecule has 1 nitrogen and oxygen atoms in total. The van der Waals surface area contributed by atoms with E-state index in [1.54, 1.807) is 0 Å². The van der Waals surface area contributed by atoms with Gasteiger partial charge in [-0.05, 0) is 13.3 Å². The third-order valence-corrected chi connectivity index (χ3v) is 1.68. The van der Waals surface area contributed by atoms with E-state index < -0.39 is 0 Å². The van der Waals surface area contributed by atoms with Gasteiger partial charge in [0.2, 0.25) is 0 Å². The summed E-state index contributed by atoms with van der Waals surface area (Å²) in [5.74, 6) is 0. The van der Waals surface area contributed by atoms with Crippen molar-refractivity contribution in [1.82, 2.24) is 0 Å². The van der Waals surface area contributed by atoms with Gasteiger partial charge < -0.3 is 28.5 Å². The standard InChI is InChI=1S/C7H18N.HI/c1-5-7-8(3,4)6-2;/h5-7H2,1-4H3;1H/q+1;/p-1. The van der Waals surface area contributed by atoms with E-state index in [0.717, 1.165) is 4.48 Å². The van der Waals surface area contributed by atoms with Gasteiger partial charge in [-0.15, -0.1) is 0 Å². The minimum atomic E-state index is 0. The number of halogens is 1. The number of hydrogen-bond donors (Lipinski definition) is 0. The highest BCUT2D eigenvalue weighted by atomic mass is 127. The normalized spacial score (nSPS) is 10.7. The molecule has 2 heteroatoms. The quantitative estimate of drug-likeness (QED) is 0.418. The molecule has 0 spiro atoms. The summed E-state index contributed by atoms with van der Waals surface area (Å²) in [4.78, 5) is 0. The molecule has 0 aromatic heterocycles. The predicted molar refractivity (Wildman–Crippen MR) is 37.8 cm³/mol. The molecule has 0 aliphatic heterocycles. The van der Waals surface area contributed by atoms with Gasteiger partial charge in [-0.2, -0.15) is 0 Å². The third kappa shape index (κ3) is 6.58. The zero-order valence-electron chi connectivity index (χ0n) is 6.95. The molecule has 0 fully saturated rings. The molecule has 58 valence electrons. The van der Waals surface area contributed by atoms with Gasteiger partial charge in [0.1, 0.15) is 0 Å². The minimum Gasteiger partial charge on any atom is -1.00 e. The van der Waals surface area contributed by atoms with Crippen LogP contribution in [0.2, 0.25) is 0 Å². The largest absolute Gasteiger partial charge is 1.00 e. The van der Waals surface area contributed by atoms with Gasteiger partial charge in [0.05, 0.1) is 27.2 Å². The van der Waals surface area contributed by atoms with Crippen molar-refractivity contribution in [2.24, 2.45) is 0 Å². The van der Waals surface area contributed by atoms with Crippen molar-refractivity contribution in [3.05, 3.63) is 0 Å². The SMILES string of the molecule is CCC[N+](C)(C)CC.[I-]. The van der Waals surface area contributed by atoms with Gasteiger partial charge >= 0.3 is 0 Å². The maximum Gasteiger partial charge on any atom is 0.0779 e. The van der Waals surface area contributed by atoms with Crippen LogP contribution in [0.3, 0.4) is 0 Å². The Morgan fingerprint density at radius 1 is 1.11 bits per heavy atom. The number of rotatable bonds is 3. The summed E-state index contributed by atoms with van der Waals surface area (Å²) < 4.78 is 1.16. The lowest BCUT2D eigenvalue weighted by molar-refractivity contribution is -0.888. The van der Waals surface area contributed by atoms with Crippen molar-refractivity contribution in [3.63, 3.8) is 0 Å². The lowest BCUT2D eigenvalue weighted by atomic mass is 10.4. The molecule has 0 aromatic carbocycles. The Morgan fingerprint density at radius 3 is 1.67 bits per heavy atom. The average Bonchev–Trinajstić information content (AvgIpc) is 1.67. The summed E-state index contributed by atoms with van der Waals surface area (Å²) >= 11 is 0. The molecule has 0 aromatic rings. The van der Waals surface area contributed by atoms with E-state index in [1.807, 2.05) is 0 Å². The van der Waals surface area contributed by atoms with E-state index in [2.05, 4.69) is 27.9 Å². The Hall–Kier alpha value is 0.690. The fraction of sp³-hybridized carbons (Fsp3) is 1.00. The molecule has 0 saturated carbocycles. The summed E-state index contributed by atoms with van der Waals surface area (Å²) in [6.45, 7) is 7.01. The second kappa shape index (κ2) is 5.47. The molecule has 0 aliphatic carbocycles. The monoisotopic (exact) mass is 243 g/mol. The highest BCUT2D eigenvalue weighted by Gasteiger charge is 2.07. The van der Waals surface area contributed by atoms with Crippen molar-refractivity contribution in [2.75, 3.05) is 27.2 Å². The van der Waals surface area contributed by atoms with Crippen molar-refractivity contribution >= 4 is 0 Å². The summed E-state index contributed by atoms with van der Waals surface area (Å²) in [5.41, 5.74) is 0. The van der Waals surface area contributed by atoms with Crippen LogP contribution in [-0.2, 0) is 0 Å². The molecule has 0 radical (unpaired) electrons. The fourth-order valence-corrected chi connectivity index (χ4v) is 0.763. The first-order chi connectivity index (χ1) is 3.62. The first kappa shape index (κ1) is 12.4. The smallest absolute Gasteiger partial charge is 0.0779 e. The first-order valence-corrected chi connectivity index (χ1v) is 3.44. The Morgan fingerprint density at radius 2 is 1.56 bits per heavy atom. The molecule has 0 aliphatic rings. The highest BCUT2D eigenvalue weighted by Crippen LogP contribution is 1.95. The summed E-state index contributed by atoms with van der Waals surface area (Å²) in [6.07, 6.45) is 1.29. The van der Waals surface area contributed by atoms with Gasteiger partial charge in [-0.25, -0.2) is 0 Å². The van der Waals surface area contributed by atoms with Crippen LogP contribution < -0.4 is 24.0 Å². The fourth-order valence-electron chi connectivity index (χ4n) is 0.763. The van der Waals surface area contributed by atoms with Gasteiger partial charge in [-0.1, -0.05) is 6.92 Å². The van der Waals surface area contributed by atoms with Crippen molar-refractivity contribution in [2.45, 2.75) is 20.3 Å². The molecule has 0 saturated heterocycles. The lowest BCUT2D eigenvalue weighted by Gasteiger charge is -2.27. The van der Waals surface area contributed by atoms with Crippen LogP contribution in [0.15, 0.2) is 0 Å². The van der Waals surface area contributed by atoms with E-state index in [4.69, 9.17) is 0 Å². The highest BCUT2D eigenvalue weighted by molar-refractivity contribution is 4.25. The van der Waals surface area contributed by atoms with E-state index in [-0.39, 0.29) is 24.0 Å². The first-order valence-electron chi connectivity index (χ1n) is 3.44. The average molecular weight is 243 g/mol. The predicted octanol–water partition coefficient (Wildman–Crippen LogP) is -1.50. The van der Waals surface area contributed by atoms with Crippen LogP contribution >= 0.6 is 0 Å². The minimum absolute atomic E-state index is 0.